The highest BCUT2D eigenvalue weighted by Crippen LogP contribution is 2.22. The van der Waals surface area contributed by atoms with Gasteiger partial charge in [-0.25, -0.2) is 0 Å². The van der Waals surface area contributed by atoms with Crippen LogP contribution in [0.15, 0.2) is 24.3 Å². The third kappa shape index (κ3) is 2.18. The number of hydrogen-bond donors (Lipinski definition) is 1. The minimum Gasteiger partial charge on any atom is -0.334 e. The third-order valence-electron chi connectivity index (χ3n) is 2.78. The first-order valence-electron chi connectivity index (χ1n) is 5.30. The zero-order chi connectivity index (χ0) is 10.7. The smallest absolute Gasteiger partial charge is 0.224 e. The summed E-state index contributed by atoms with van der Waals surface area (Å²) < 4.78 is 0. The number of rotatable bonds is 3. The zero-order valence-electron chi connectivity index (χ0n) is 8.99. The van der Waals surface area contributed by atoms with Gasteiger partial charge in [0.05, 0.1) is 0 Å². The topological polar surface area (TPSA) is 32.3 Å². The van der Waals surface area contributed by atoms with Crippen molar-refractivity contribution in [2.24, 2.45) is 0 Å². The molecule has 3 nitrogen and oxygen atoms in total. The molecule has 15 heavy (non-hydrogen) atoms. The molecule has 0 atom stereocenters. The van der Waals surface area contributed by atoms with Gasteiger partial charge < -0.3 is 10.2 Å². The zero-order valence-corrected chi connectivity index (χ0v) is 8.99. The number of carbonyl (C=O) groups is 1. The van der Waals surface area contributed by atoms with Crippen LogP contribution in [0.5, 0.6) is 0 Å². The maximum absolute atomic E-state index is 11.8. The van der Waals surface area contributed by atoms with Crippen LogP contribution in [0.25, 0.3) is 0 Å². The molecule has 1 aliphatic heterocycles. The van der Waals surface area contributed by atoms with Crippen molar-refractivity contribution in [3.63, 3.8) is 0 Å². The Kier molecular flexibility index (Phi) is 3.02. The maximum Gasteiger partial charge on any atom is 0.224 e. The predicted octanol–water partition coefficient (Wildman–Crippen LogP) is 1.14. The van der Waals surface area contributed by atoms with Crippen molar-refractivity contribution in [2.45, 2.75) is 19.5 Å². The van der Waals surface area contributed by atoms with E-state index < -0.39 is 0 Å². The second-order valence-electron chi connectivity index (χ2n) is 3.87. The molecule has 0 saturated carbocycles. The molecule has 0 aromatic heterocycles. The number of hydrogen-bond acceptors (Lipinski definition) is 2. The van der Waals surface area contributed by atoms with E-state index in [2.05, 4.69) is 17.4 Å². The fraction of sp³-hybridized carbons (Fsp3) is 0.417. The van der Waals surface area contributed by atoms with Crippen LogP contribution < -0.4 is 5.32 Å². The quantitative estimate of drug-likeness (QED) is 0.800. The van der Waals surface area contributed by atoms with Gasteiger partial charge in [-0.15, -0.1) is 0 Å². The van der Waals surface area contributed by atoms with Crippen molar-refractivity contribution in [2.75, 3.05) is 13.6 Å². The maximum atomic E-state index is 11.8. The van der Waals surface area contributed by atoms with E-state index in [1.54, 1.807) is 0 Å². The lowest BCUT2D eigenvalue weighted by Gasteiger charge is -2.14. The molecule has 0 radical (unpaired) electrons. The van der Waals surface area contributed by atoms with Gasteiger partial charge in [0.2, 0.25) is 5.91 Å². The highest BCUT2D eigenvalue weighted by atomic mass is 16.2. The van der Waals surface area contributed by atoms with Crippen LogP contribution >= 0.6 is 0 Å². The number of carbonyl (C=O) groups excluding carboxylic acids is 1. The summed E-state index contributed by atoms with van der Waals surface area (Å²) >= 11 is 0. The lowest BCUT2D eigenvalue weighted by Crippen LogP contribution is -2.27. The Bertz CT molecular complexity index is 337. The minimum absolute atomic E-state index is 0.237. The van der Waals surface area contributed by atoms with Gasteiger partial charge in [0, 0.05) is 26.1 Å². The van der Waals surface area contributed by atoms with E-state index in [0.717, 1.165) is 19.6 Å². The van der Waals surface area contributed by atoms with Gasteiger partial charge in [-0.3, -0.25) is 4.79 Å². The molecule has 0 fully saturated rings. The summed E-state index contributed by atoms with van der Waals surface area (Å²) in [5.74, 6) is 0.237. The highest BCUT2D eigenvalue weighted by molar-refractivity contribution is 5.77. The van der Waals surface area contributed by atoms with Crippen LogP contribution in [0.1, 0.15) is 17.5 Å². The molecule has 0 aliphatic carbocycles. The summed E-state index contributed by atoms with van der Waals surface area (Å²) in [5.41, 5.74) is 2.57. The fourth-order valence-corrected chi connectivity index (χ4v) is 1.90. The van der Waals surface area contributed by atoms with Gasteiger partial charge in [0.1, 0.15) is 0 Å². The molecule has 0 spiro atoms. The molecule has 1 amide bonds. The van der Waals surface area contributed by atoms with Crippen molar-refractivity contribution in [1.82, 2.24) is 10.2 Å². The summed E-state index contributed by atoms with van der Waals surface area (Å²) in [7, 11) is 1.87. The van der Waals surface area contributed by atoms with E-state index in [0.29, 0.717) is 6.42 Å². The lowest BCUT2D eigenvalue weighted by molar-refractivity contribution is -0.131. The van der Waals surface area contributed by atoms with Crippen molar-refractivity contribution >= 4 is 5.91 Å². The van der Waals surface area contributed by atoms with Crippen LogP contribution in [0.2, 0.25) is 0 Å². The molecule has 80 valence electrons. The normalized spacial score (nSPS) is 14.1. The van der Waals surface area contributed by atoms with E-state index >= 15 is 0 Å². The Labute approximate surface area is 90.1 Å². The summed E-state index contributed by atoms with van der Waals surface area (Å²) in [6.45, 7) is 2.31. The number of benzene rings is 1. The minimum atomic E-state index is 0.237. The SMILES string of the molecule is CNCCC(=O)N1Cc2ccccc2C1. The molecular formula is C12H16N2O. The molecule has 1 aliphatic rings. The largest absolute Gasteiger partial charge is 0.334 e. The molecule has 2 rings (SSSR count). The molecule has 1 heterocycles. The molecule has 0 saturated heterocycles. The van der Waals surface area contributed by atoms with E-state index in [-0.39, 0.29) is 5.91 Å². The Morgan fingerprint density at radius 3 is 2.47 bits per heavy atom. The van der Waals surface area contributed by atoms with Crippen LogP contribution in [-0.2, 0) is 17.9 Å². The van der Waals surface area contributed by atoms with Crippen LogP contribution in [0, 0.1) is 0 Å². The number of amides is 1. The van der Waals surface area contributed by atoms with Gasteiger partial charge in [-0.1, -0.05) is 24.3 Å². The fourth-order valence-electron chi connectivity index (χ4n) is 1.90. The Balaban J connectivity index is 1.98. The molecule has 0 unspecified atom stereocenters. The average molecular weight is 204 g/mol. The first-order valence-corrected chi connectivity index (χ1v) is 5.30. The monoisotopic (exact) mass is 204 g/mol. The second-order valence-corrected chi connectivity index (χ2v) is 3.87. The summed E-state index contributed by atoms with van der Waals surface area (Å²) in [5, 5.41) is 3.00. The summed E-state index contributed by atoms with van der Waals surface area (Å²) in [6, 6.07) is 8.25. The van der Waals surface area contributed by atoms with Gasteiger partial charge in [-0.05, 0) is 18.2 Å². The molecule has 1 aromatic rings. The van der Waals surface area contributed by atoms with Gasteiger partial charge in [0.25, 0.3) is 0 Å². The van der Waals surface area contributed by atoms with Gasteiger partial charge in [0.15, 0.2) is 0 Å². The first kappa shape index (κ1) is 10.2. The average Bonchev–Trinajstić information content (AvgIpc) is 2.69. The van der Waals surface area contributed by atoms with E-state index in [1.807, 2.05) is 24.1 Å². The standard InChI is InChI=1S/C12H16N2O/c1-13-7-6-12(15)14-8-10-4-2-3-5-11(10)9-14/h2-5,13H,6-9H2,1H3. The van der Waals surface area contributed by atoms with E-state index in [4.69, 9.17) is 0 Å². The van der Waals surface area contributed by atoms with Crippen molar-refractivity contribution in [3.05, 3.63) is 35.4 Å². The number of nitrogens with zero attached hydrogens (tertiary/aromatic N) is 1. The van der Waals surface area contributed by atoms with Gasteiger partial charge in [-0.2, -0.15) is 0 Å². The van der Waals surface area contributed by atoms with E-state index in [1.165, 1.54) is 11.1 Å². The van der Waals surface area contributed by atoms with Crippen LogP contribution in [-0.4, -0.2) is 24.4 Å². The Morgan fingerprint density at radius 2 is 1.93 bits per heavy atom. The lowest BCUT2D eigenvalue weighted by atomic mass is 10.1. The highest BCUT2D eigenvalue weighted by Gasteiger charge is 2.21. The summed E-state index contributed by atoms with van der Waals surface area (Å²) in [6.07, 6.45) is 0.588. The van der Waals surface area contributed by atoms with E-state index in [9.17, 15) is 4.79 Å². The molecule has 1 N–H and O–H groups in total. The van der Waals surface area contributed by atoms with Crippen molar-refractivity contribution in [3.8, 4) is 0 Å². The van der Waals surface area contributed by atoms with Crippen molar-refractivity contribution in [1.29, 1.82) is 0 Å². The molecule has 1 aromatic carbocycles. The number of fused-ring (bicyclic) bond motifs is 1. The third-order valence-corrected chi connectivity index (χ3v) is 2.78. The molecular weight excluding hydrogens is 188 g/mol. The predicted molar refractivity (Wildman–Crippen MR) is 59.2 cm³/mol. The molecule has 0 bridgehead atoms. The van der Waals surface area contributed by atoms with Crippen LogP contribution in [0.3, 0.4) is 0 Å². The Hall–Kier alpha value is -1.35. The van der Waals surface area contributed by atoms with Crippen LogP contribution in [0.4, 0.5) is 0 Å². The first-order chi connectivity index (χ1) is 7.31. The number of nitrogens with one attached hydrogen (secondary N) is 1. The van der Waals surface area contributed by atoms with Gasteiger partial charge >= 0.3 is 0 Å². The Morgan fingerprint density at radius 1 is 1.33 bits per heavy atom. The second kappa shape index (κ2) is 4.45. The molecule has 3 heteroatoms. The summed E-state index contributed by atoms with van der Waals surface area (Å²) in [4.78, 5) is 13.7. The van der Waals surface area contributed by atoms with Crippen molar-refractivity contribution < 1.29 is 4.79 Å².